The van der Waals surface area contributed by atoms with Crippen LogP contribution in [0, 0.1) is 13.8 Å². The van der Waals surface area contributed by atoms with E-state index in [4.69, 9.17) is 5.11 Å². The van der Waals surface area contributed by atoms with Gasteiger partial charge in [-0.2, -0.15) is 0 Å². The molecule has 0 fully saturated rings. The average molecular weight is 286 g/mol. The summed E-state index contributed by atoms with van der Waals surface area (Å²) in [6.45, 7) is 4.11. The van der Waals surface area contributed by atoms with E-state index in [0.29, 0.717) is 11.3 Å². The van der Waals surface area contributed by atoms with Crippen LogP contribution >= 0.6 is 11.8 Å². The van der Waals surface area contributed by atoms with Gasteiger partial charge in [0.1, 0.15) is 0 Å². The predicted octanol–water partition coefficient (Wildman–Crippen LogP) is 3.62. The molecule has 0 saturated heterocycles. The number of carbonyl (C=O) groups is 1. The molecule has 0 aliphatic carbocycles. The second-order valence-corrected chi connectivity index (χ2v) is 5.91. The Balaban J connectivity index is 2.22. The van der Waals surface area contributed by atoms with E-state index in [-0.39, 0.29) is 12.4 Å². The number of hydrogen-bond donors (Lipinski definition) is 1. The minimum absolute atomic E-state index is 0.0601. The Morgan fingerprint density at radius 3 is 2.45 bits per heavy atom. The number of aliphatic hydroxyl groups is 1. The lowest BCUT2D eigenvalue weighted by Gasteiger charge is -2.07. The van der Waals surface area contributed by atoms with Crippen molar-refractivity contribution in [2.24, 2.45) is 0 Å². The summed E-state index contributed by atoms with van der Waals surface area (Å²) in [4.78, 5) is 13.6. The highest BCUT2D eigenvalue weighted by atomic mass is 32.2. The van der Waals surface area contributed by atoms with E-state index in [0.717, 1.165) is 21.6 Å². The first-order valence-electron chi connectivity index (χ1n) is 6.57. The van der Waals surface area contributed by atoms with Gasteiger partial charge < -0.3 is 5.11 Å². The molecule has 2 nitrogen and oxygen atoms in total. The van der Waals surface area contributed by atoms with Gasteiger partial charge in [0, 0.05) is 21.8 Å². The van der Waals surface area contributed by atoms with Crippen molar-refractivity contribution >= 4 is 17.5 Å². The van der Waals surface area contributed by atoms with Crippen LogP contribution in [0.1, 0.15) is 27.0 Å². The molecular weight excluding hydrogens is 268 g/mol. The Bertz CT molecular complexity index is 603. The van der Waals surface area contributed by atoms with Gasteiger partial charge in [0.25, 0.3) is 0 Å². The Hall–Kier alpha value is -1.58. The van der Waals surface area contributed by atoms with Crippen LogP contribution in [0.5, 0.6) is 0 Å². The van der Waals surface area contributed by atoms with E-state index in [2.05, 4.69) is 0 Å². The third kappa shape index (κ3) is 3.50. The summed E-state index contributed by atoms with van der Waals surface area (Å²) in [7, 11) is 0. The first kappa shape index (κ1) is 14.8. The normalized spacial score (nSPS) is 10.6. The zero-order valence-electron chi connectivity index (χ0n) is 11.7. The fourth-order valence-corrected chi connectivity index (χ4v) is 2.66. The Labute approximate surface area is 123 Å². The lowest BCUT2D eigenvalue weighted by atomic mass is 9.97. The van der Waals surface area contributed by atoms with Gasteiger partial charge in [-0.1, -0.05) is 17.7 Å². The van der Waals surface area contributed by atoms with E-state index < -0.39 is 0 Å². The lowest BCUT2D eigenvalue weighted by Crippen LogP contribution is -2.04. The maximum atomic E-state index is 12.5. The van der Waals surface area contributed by atoms with Crippen LogP contribution < -0.4 is 0 Å². The van der Waals surface area contributed by atoms with Gasteiger partial charge in [-0.05, 0) is 49.7 Å². The highest BCUT2D eigenvalue weighted by molar-refractivity contribution is 7.99. The summed E-state index contributed by atoms with van der Waals surface area (Å²) >= 11 is 1.58. The van der Waals surface area contributed by atoms with Gasteiger partial charge in [-0.15, -0.1) is 11.8 Å². The third-order valence-corrected chi connectivity index (χ3v) is 4.11. The predicted molar refractivity (Wildman–Crippen MR) is 83.6 cm³/mol. The van der Waals surface area contributed by atoms with Crippen molar-refractivity contribution in [2.45, 2.75) is 18.7 Å². The number of ketones is 1. The molecule has 2 aromatic carbocycles. The summed E-state index contributed by atoms with van der Waals surface area (Å²) in [5.41, 5.74) is 3.56. The number of carbonyl (C=O) groups excluding carboxylic acids is 1. The molecule has 0 radical (unpaired) electrons. The van der Waals surface area contributed by atoms with Gasteiger partial charge in [-0.3, -0.25) is 4.79 Å². The number of benzene rings is 2. The van der Waals surface area contributed by atoms with Gasteiger partial charge in [-0.25, -0.2) is 0 Å². The van der Waals surface area contributed by atoms with Crippen LogP contribution in [0.25, 0.3) is 0 Å². The first-order valence-corrected chi connectivity index (χ1v) is 7.56. The monoisotopic (exact) mass is 286 g/mol. The zero-order valence-corrected chi connectivity index (χ0v) is 12.5. The van der Waals surface area contributed by atoms with Crippen molar-refractivity contribution in [3.05, 3.63) is 64.7 Å². The molecule has 2 rings (SSSR count). The third-order valence-electron chi connectivity index (χ3n) is 3.11. The van der Waals surface area contributed by atoms with Gasteiger partial charge in [0.2, 0.25) is 0 Å². The van der Waals surface area contributed by atoms with Crippen molar-refractivity contribution in [3.63, 3.8) is 0 Å². The average Bonchev–Trinajstić information content (AvgIpc) is 2.47. The summed E-state index contributed by atoms with van der Waals surface area (Å²) in [5.74, 6) is 0.731. The van der Waals surface area contributed by atoms with Crippen molar-refractivity contribution < 1.29 is 9.90 Å². The molecule has 0 amide bonds. The summed E-state index contributed by atoms with van der Waals surface area (Å²) < 4.78 is 0. The van der Waals surface area contributed by atoms with Gasteiger partial charge in [0.05, 0.1) is 6.61 Å². The molecule has 0 aliphatic rings. The molecule has 3 heteroatoms. The number of rotatable bonds is 5. The summed E-state index contributed by atoms with van der Waals surface area (Å²) in [6, 6.07) is 13.5. The molecule has 0 aromatic heterocycles. The van der Waals surface area contributed by atoms with Crippen molar-refractivity contribution in [2.75, 3.05) is 12.4 Å². The molecule has 1 N–H and O–H groups in total. The number of thioether (sulfide) groups is 1. The van der Waals surface area contributed by atoms with Crippen molar-refractivity contribution in [1.82, 2.24) is 0 Å². The molecule has 20 heavy (non-hydrogen) atoms. The van der Waals surface area contributed by atoms with Crippen LogP contribution in [0.4, 0.5) is 0 Å². The Morgan fingerprint density at radius 1 is 1.10 bits per heavy atom. The van der Waals surface area contributed by atoms with Crippen molar-refractivity contribution in [1.29, 1.82) is 0 Å². The molecule has 0 aliphatic heterocycles. The number of hydrogen-bond acceptors (Lipinski definition) is 3. The van der Waals surface area contributed by atoms with E-state index in [1.54, 1.807) is 11.8 Å². The zero-order chi connectivity index (χ0) is 14.5. The summed E-state index contributed by atoms with van der Waals surface area (Å²) in [6.07, 6.45) is 0. The van der Waals surface area contributed by atoms with E-state index >= 15 is 0 Å². The highest BCUT2D eigenvalue weighted by Crippen LogP contribution is 2.20. The largest absolute Gasteiger partial charge is 0.396 e. The lowest BCUT2D eigenvalue weighted by molar-refractivity contribution is 0.103. The molecule has 0 unspecified atom stereocenters. The van der Waals surface area contributed by atoms with E-state index in [1.807, 2.05) is 56.3 Å². The molecule has 104 valence electrons. The second-order valence-electron chi connectivity index (χ2n) is 4.74. The molecule has 0 saturated carbocycles. The fraction of sp³-hybridized carbons (Fsp3) is 0.235. The van der Waals surface area contributed by atoms with E-state index in [9.17, 15) is 4.79 Å². The smallest absolute Gasteiger partial charge is 0.193 e. The van der Waals surface area contributed by atoms with Gasteiger partial charge in [0.15, 0.2) is 5.78 Å². The molecule has 0 heterocycles. The quantitative estimate of drug-likeness (QED) is 0.674. The SMILES string of the molecule is Cc1ccc(C)c(C(=O)c2ccc(SCCO)cc2)c1. The first-order chi connectivity index (χ1) is 9.61. The maximum absolute atomic E-state index is 12.5. The van der Waals surface area contributed by atoms with Crippen LogP contribution in [0.15, 0.2) is 47.4 Å². The Kier molecular flexibility index (Phi) is 4.99. The molecule has 0 atom stereocenters. The Morgan fingerprint density at radius 2 is 1.80 bits per heavy atom. The van der Waals surface area contributed by atoms with Crippen LogP contribution in [0.2, 0.25) is 0 Å². The minimum atomic E-state index is 0.0601. The van der Waals surface area contributed by atoms with Crippen LogP contribution in [-0.2, 0) is 0 Å². The number of aliphatic hydroxyl groups excluding tert-OH is 1. The number of aryl methyl sites for hydroxylation is 2. The minimum Gasteiger partial charge on any atom is -0.396 e. The van der Waals surface area contributed by atoms with E-state index in [1.165, 1.54) is 0 Å². The topological polar surface area (TPSA) is 37.3 Å². The second kappa shape index (κ2) is 6.73. The van der Waals surface area contributed by atoms with Gasteiger partial charge >= 0.3 is 0 Å². The molecule has 0 bridgehead atoms. The molecule has 2 aromatic rings. The molecule has 0 spiro atoms. The van der Waals surface area contributed by atoms with Crippen molar-refractivity contribution in [3.8, 4) is 0 Å². The summed E-state index contributed by atoms with van der Waals surface area (Å²) in [5, 5.41) is 8.80. The fourth-order valence-electron chi connectivity index (χ4n) is 2.00. The molecular formula is C17H18O2S. The van der Waals surface area contributed by atoms with Crippen LogP contribution in [-0.4, -0.2) is 23.2 Å². The highest BCUT2D eigenvalue weighted by Gasteiger charge is 2.11. The maximum Gasteiger partial charge on any atom is 0.193 e. The standard InChI is InChI=1S/C17H18O2S/c1-12-3-4-13(2)16(11-12)17(19)14-5-7-15(8-6-14)20-10-9-18/h3-8,11,18H,9-10H2,1-2H3. The van der Waals surface area contributed by atoms with Crippen LogP contribution in [0.3, 0.4) is 0 Å².